The van der Waals surface area contributed by atoms with E-state index in [1.165, 1.54) is 0 Å². The molecule has 0 aliphatic carbocycles. The van der Waals surface area contributed by atoms with Crippen LogP contribution >= 0.6 is 23.2 Å². The molecule has 6 heteroatoms. The molecule has 0 aliphatic heterocycles. The normalized spacial score (nSPS) is 10.2. The Hall–Kier alpha value is -1.75. The molecule has 1 amide bonds. The molecule has 0 unspecified atom stereocenters. The van der Waals surface area contributed by atoms with Gasteiger partial charge in [0.1, 0.15) is 0 Å². The number of amides is 1. The lowest BCUT2D eigenvalue weighted by atomic mass is 10.1. The highest BCUT2D eigenvalue weighted by molar-refractivity contribution is 6.35. The van der Waals surface area contributed by atoms with Crippen LogP contribution in [0.2, 0.25) is 10.0 Å². The van der Waals surface area contributed by atoms with E-state index >= 15 is 0 Å². The summed E-state index contributed by atoms with van der Waals surface area (Å²) in [6.45, 7) is 1.83. The van der Waals surface area contributed by atoms with Crippen LogP contribution in [0.4, 0.5) is 11.4 Å². The van der Waals surface area contributed by atoms with Gasteiger partial charge < -0.3 is 10.7 Å². The summed E-state index contributed by atoms with van der Waals surface area (Å²) in [7, 11) is 0. The fourth-order valence-electron chi connectivity index (χ4n) is 1.79. The highest BCUT2D eigenvalue weighted by atomic mass is 35.5. The molecular formula is C14H13Cl2N3O. The van der Waals surface area contributed by atoms with Crippen LogP contribution in [0.25, 0.3) is 0 Å². The van der Waals surface area contributed by atoms with Crippen LogP contribution < -0.4 is 16.6 Å². The number of benzene rings is 2. The maximum Gasteiger partial charge on any atom is 0.255 e. The van der Waals surface area contributed by atoms with E-state index in [-0.39, 0.29) is 5.91 Å². The molecule has 4 N–H and O–H groups in total. The van der Waals surface area contributed by atoms with Crippen LogP contribution in [0.1, 0.15) is 15.9 Å². The maximum absolute atomic E-state index is 12.2. The molecule has 0 heterocycles. The maximum atomic E-state index is 12.2. The van der Waals surface area contributed by atoms with Crippen molar-refractivity contribution in [1.29, 1.82) is 0 Å². The van der Waals surface area contributed by atoms with Gasteiger partial charge in [0.15, 0.2) is 0 Å². The molecule has 104 valence electrons. The van der Waals surface area contributed by atoms with Crippen molar-refractivity contribution in [3.63, 3.8) is 0 Å². The molecule has 4 nitrogen and oxygen atoms in total. The molecule has 2 aromatic carbocycles. The predicted molar refractivity (Wildman–Crippen MR) is 83.4 cm³/mol. The minimum atomic E-state index is -0.254. The number of nitrogens with two attached hydrogens (primary N) is 1. The summed E-state index contributed by atoms with van der Waals surface area (Å²) in [5, 5.41) is 3.67. The summed E-state index contributed by atoms with van der Waals surface area (Å²) in [4.78, 5) is 12.2. The lowest BCUT2D eigenvalue weighted by Gasteiger charge is -2.10. The minimum Gasteiger partial charge on any atom is -0.324 e. The molecule has 0 atom stereocenters. The number of aryl methyl sites for hydroxylation is 1. The van der Waals surface area contributed by atoms with E-state index in [4.69, 9.17) is 29.0 Å². The zero-order valence-corrected chi connectivity index (χ0v) is 12.2. The molecule has 0 saturated heterocycles. The Morgan fingerprint density at radius 2 is 1.90 bits per heavy atom. The number of nitrogens with one attached hydrogen (secondary N) is 2. The summed E-state index contributed by atoms with van der Waals surface area (Å²) < 4.78 is 0. The number of hydrazine groups is 1. The lowest BCUT2D eigenvalue weighted by molar-refractivity contribution is 0.102. The minimum absolute atomic E-state index is 0.254. The number of halogens is 2. The zero-order valence-electron chi connectivity index (χ0n) is 10.7. The standard InChI is InChI=1S/C14H13Cl2N3O/c1-8-6-10(19-17)3-4-11(8)14(20)18-13-7-9(15)2-5-12(13)16/h2-7,19H,17H2,1H3,(H,18,20). The highest BCUT2D eigenvalue weighted by Crippen LogP contribution is 2.26. The molecule has 0 spiro atoms. The number of nitrogen functional groups attached to an aromatic ring is 1. The van der Waals surface area contributed by atoms with E-state index in [0.717, 1.165) is 11.3 Å². The first-order valence-corrected chi connectivity index (χ1v) is 6.60. The lowest BCUT2D eigenvalue weighted by Crippen LogP contribution is -2.14. The third kappa shape index (κ3) is 3.22. The smallest absolute Gasteiger partial charge is 0.255 e. The molecule has 2 aromatic rings. The van der Waals surface area contributed by atoms with Gasteiger partial charge in [-0.25, -0.2) is 0 Å². The van der Waals surface area contributed by atoms with Gasteiger partial charge in [-0.05, 0) is 48.9 Å². The second kappa shape index (κ2) is 6.13. The molecule has 0 saturated carbocycles. The Balaban J connectivity index is 2.26. The molecule has 2 rings (SSSR count). The van der Waals surface area contributed by atoms with Crippen LogP contribution in [0.3, 0.4) is 0 Å². The average Bonchev–Trinajstić information content (AvgIpc) is 2.42. The van der Waals surface area contributed by atoms with Crippen LogP contribution in [-0.2, 0) is 0 Å². The van der Waals surface area contributed by atoms with Gasteiger partial charge in [-0.1, -0.05) is 23.2 Å². The van der Waals surface area contributed by atoms with Crippen molar-refractivity contribution < 1.29 is 4.79 Å². The van der Waals surface area contributed by atoms with E-state index in [1.54, 1.807) is 36.4 Å². The fourth-order valence-corrected chi connectivity index (χ4v) is 2.13. The van der Waals surface area contributed by atoms with Gasteiger partial charge in [-0.15, -0.1) is 0 Å². The largest absolute Gasteiger partial charge is 0.324 e. The fraction of sp³-hybridized carbons (Fsp3) is 0.0714. The Morgan fingerprint density at radius 3 is 2.55 bits per heavy atom. The van der Waals surface area contributed by atoms with Gasteiger partial charge in [0, 0.05) is 16.3 Å². The molecule has 0 aliphatic rings. The van der Waals surface area contributed by atoms with Crippen molar-refractivity contribution in [3.8, 4) is 0 Å². The molecule has 20 heavy (non-hydrogen) atoms. The van der Waals surface area contributed by atoms with Crippen molar-refractivity contribution in [2.24, 2.45) is 5.84 Å². The summed E-state index contributed by atoms with van der Waals surface area (Å²) in [6.07, 6.45) is 0. The zero-order chi connectivity index (χ0) is 14.7. The Bertz CT molecular complexity index is 659. The SMILES string of the molecule is Cc1cc(NN)ccc1C(=O)Nc1cc(Cl)ccc1Cl. The quantitative estimate of drug-likeness (QED) is 0.596. The van der Waals surface area contributed by atoms with Crippen LogP contribution in [0.5, 0.6) is 0 Å². The third-order valence-electron chi connectivity index (χ3n) is 2.81. The summed E-state index contributed by atoms with van der Waals surface area (Å²) in [5.41, 5.74) is 5.09. The first-order chi connectivity index (χ1) is 9.51. The molecule has 0 aromatic heterocycles. The van der Waals surface area contributed by atoms with Gasteiger partial charge in [0.2, 0.25) is 0 Å². The molecule has 0 fully saturated rings. The Kier molecular flexibility index (Phi) is 4.49. The van der Waals surface area contributed by atoms with Crippen LogP contribution in [-0.4, -0.2) is 5.91 Å². The first kappa shape index (κ1) is 14.7. The molecular weight excluding hydrogens is 297 g/mol. The first-order valence-electron chi connectivity index (χ1n) is 5.85. The van der Waals surface area contributed by atoms with Crippen molar-refractivity contribution in [2.75, 3.05) is 10.7 Å². The van der Waals surface area contributed by atoms with Gasteiger partial charge in [0.05, 0.1) is 10.7 Å². The second-order valence-corrected chi connectivity index (χ2v) is 5.10. The van der Waals surface area contributed by atoms with Crippen molar-refractivity contribution >= 4 is 40.5 Å². The second-order valence-electron chi connectivity index (χ2n) is 4.25. The van der Waals surface area contributed by atoms with E-state index in [9.17, 15) is 4.79 Å². The summed E-state index contributed by atoms with van der Waals surface area (Å²) >= 11 is 11.9. The Morgan fingerprint density at radius 1 is 1.15 bits per heavy atom. The molecule has 0 radical (unpaired) electrons. The van der Waals surface area contributed by atoms with Gasteiger partial charge in [-0.2, -0.15) is 0 Å². The van der Waals surface area contributed by atoms with Crippen LogP contribution in [0.15, 0.2) is 36.4 Å². The number of carbonyl (C=O) groups excluding carboxylic acids is 1. The van der Waals surface area contributed by atoms with E-state index < -0.39 is 0 Å². The molecule has 0 bridgehead atoms. The Labute approximate surface area is 126 Å². The summed E-state index contributed by atoms with van der Waals surface area (Å²) in [5.74, 6) is 5.07. The van der Waals surface area contributed by atoms with E-state index in [1.807, 2.05) is 6.92 Å². The number of hydrogen-bond acceptors (Lipinski definition) is 3. The predicted octanol–water partition coefficient (Wildman–Crippen LogP) is 3.84. The van der Waals surface area contributed by atoms with Crippen molar-refractivity contribution in [3.05, 3.63) is 57.6 Å². The number of carbonyl (C=O) groups is 1. The van der Waals surface area contributed by atoms with Gasteiger partial charge in [-0.3, -0.25) is 10.6 Å². The van der Waals surface area contributed by atoms with E-state index in [2.05, 4.69) is 10.7 Å². The number of anilines is 2. The third-order valence-corrected chi connectivity index (χ3v) is 3.38. The highest BCUT2D eigenvalue weighted by Gasteiger charge is 2.11. The number of hydrogen-bond donors (Lipinski definition) is 3. The number of rotatable bonds is 3. The summed E-state index contributed by atoms with van der Waals surface area (Å²) in [6, 6.07) is 10.1. The van der Waals surface area contributed by atoms with Gasteiger partial charge in [0.25, 0.3) is 5.91 Å². The van der Waals surface area contributed by atoms with Crippen molar-refractivity contribution in [2.45, 2.75) is 6.92 Å². The van der Waals surface area contributed by atoms with Crippen molar-refractivity contribution in [1.82, 2.24) is 0 Å². The van der Waals surface area contributed by atoms with E-state index in [0.29, 0.717) is 21.3 Å². The van der Waals surface area contributed by atoms with Gasteiger partial charge >= 0.3 is 0 Å². The topological polar surface area (TPSA) is 67.1 Å². The average molecular weight is 310 g/mol. The van der Waals surface area contributed by atoms with Crippen LogP contribution in [0, 0.1) is 6.92 Å². The monoisotopic (exact) mass is 309 g/mol.